The normalized spacial score (nSPS) is 10.6. The molecule has 0 radical (unpaired) electrons. The number of ether oxygens (including phenoxy) is 1. The number of carbonyl (C=O) groups excluding carboxylic acids is 1. The smallest absolute Gasteiger partial charge is 0.336 e. The quantitative estimate of drug-likeness (QED) is 0.839. The van der Waals surface area contributed by atoms with E-state index in [4.69, 9.17) is 9.84 Å². The maximum atomic E-state index is 13.9. The van der Waals surface area contributed by atoms with Gasteiger partial charge in [-0.25, -0.2) is 9.18 Å². The molecular weight excluding hydrogens is 321 g/mol. The fraction of sp³-hybridized carbons (Fsp3) is 0.250. The first-order valence-electron chi connectivity index (χ1n) is 6.93. The lowest BCUT2D eigenvalue weighted by atomic mass is 10.2. The van der Waals surface area contributed by atoms with Crippen LogP contribution in [0.5, 0.6) is 5.75 Å². The molecule has 0 aliphatic rings. The van der Waals surface area contributed by atoms with Gasteiger partial charge in [-0.05, 0) is 24.1 Å². The first-order valence-corrected chi connectivity index (χ1v) is 7.81. The van der Waals surface area contributed by atoms with E-state index in [0.717, 1.165) is 11.3 Å². The zero-order chi connectivity index (χ0) is 17.0. The van der Waals surface area contributed by atoms with Gasteiger partial charge < -0.3 is 15.2 Å². The van der Waals surface area contributed by atoms with E-state index in [9.17, 15) is 14.0 Å². The van der Waals surface area contributed by atoms with E-state index in [1.807, 2.05) is 13.8 Å². The molecule has 1 amide bonds. The molecule has 0 unspecified atom stereocenters. The lowest BCUT2D eigenvalue weighted by Gasteiger charge is -2.14. The topological polar surface area (TPSA) is 75.6 Å². The van der Waals surface area contributed by atoms with Crippen molar-refractivity contribution in [1.29, 1.82) is 0 Å². The van der Waals surface area contributed by atoms with E-state index < -0.39 is 17.7 Å². The maximum Gasteiger partial charge on any atom is 0.336 e. The summed E-state index contributed by atoms with van der Waals surface area (Å²) in [6.07, 6.45) is 0. The second-order valence-electron chi connectivity index (χ2n) is 5.28. The summed E-state index contributed by atoms with van der Waals surface area (Å²) in [6.45, 7) is 4.17. The van der Waals surface area contributed by atoms with Crippen LogP contribution in [0.25, 0.3) is 0 Å². The van der Waals surface area contributed by atoms with Crippen LogP contribution in [-0.4, -0.2) is 23.6 Å². The summed E-state index contributed by atoms with van der Waals surface area (Å²) in [5.74, 6) is -2.01. The molecule has 2 rings (SSSR count). The van der Waals surface area contributed by atoms with Gasteiger partial charge in [0.2, 0.25) is 0 Å². The molecule has 1 aromatic carbocycles. The summed E-state index contributed by atoms with van der Waals surface area (Å²) in [4.78, 5) is 23.3. The van der Waals surface area contributed by atoms with Crippen molar-refractivity contribution in [2.75, 3.05) is 11.9 Å². The van der Waals surface area contributed by atoms with Crippen molar-refractivity contribution in [1.82, 2.24) is 0 Å². The molecule has 0 fully saturated rings. The molecule has 0 aliphatic heterocycles. The van der Waals surface area contributed by atoms with Gasteiger partial charge in [-0.2, -0.15) is 0 Å². The molecule has 0 saturated carbocycles. The number of thiophene rings is 1. The second kappa shape index (κ2) is 7.23. The highest BCUT2D eigenvalue weighted by molar-refractivity contribution is 7.12. The summed E-state index contributed by atoms with van der Waals surface area (Å²) in [6, 6.07) is 5.52. The first-order chi connectivity index (χ1) is 10.9. The first kappa shape index (κ1) is 17.0. The lowest BCUT2D eigenvalue weighted by molar-refractivity contribution is 0.0697. The van der Waals surface area contributed by atoms with Gasteiger partial charge in [0.1, 0.15) is 0 Å². The number of anilines is 1. The van der Waals surface area contributed by atoms with Crippen LogP contribution < -0.4 is 10.1 Å². The van der Waals surface area contributed by atoms with Gasteiger partial charge >= 0.3 is 5.97 Å². The Bertz CT molecular complexity index is 727. The van der Waals surface area contributed by atoms with Crippen LogP contribution in [-0.2, 0) is 0 Å². The van der Waals surface area contributed by atoms with Gasteiger partial charge in [-0.3, -0.25) is 4.79 Å². The number of carboxylic acid groups (broad SMARTS) is 1. The third-order valence-electron chi connectivity index (χ3n) is 2.85. The molecule has 5 nitrogen and oxygen atoms in total. The number of amides is 1. The Kier molecular flexibility index (Phi) is 5.33. The monoisotopic (exact) mass is 337 g/mol. The van der Waals surface area contributed by atoms with E-state index in [0.29, 0.717) is 6.61 Å². The van der Waals surface area contributed by atoms with Crippen molar-refractivity contribution >= 4 is 28.9 Å². The molecule has 0 saturated heterocycles. The van der Waals surface area contributed by atoms with Crippen molar-refractivity contribution in [2.24, 2.45) is 5.92 Å². The largest absolute Gasteiger partial charge is 0.488 e. The average molecular weight is 337 g/mol. The predicted octanol–water partition coefficient (Wildman–Crippen LogP) is 3.87. The number of hydrogen-bond donors (Lipinski definition) is 2. The number of para-hydroxylation sites is 1. The van der Waals surface area contributed by atoms with E-state index in [-0.39, 0.29) is 27.8 Å². The van der Waals surface area contributed by atoms with Gasteiger partial charge in [0.25, 0.3) is 5.91 Å². The Balaban J connectivity index is 2.19. The molecule has 1 heterocycles. The Morgan fingerprint density at radius 2 is 2.13 bits per heavy atom. The fourth-order valence-electron chi connectivity index (χ4n) is 1.76. The molecule has 0 spiro atoms. The van der Waals surface area contributed by atoms with Crippen molar-refractivity contribution in [2.45, 2.75) is 13.8 Å². The number of carboxylic acids is 1. The summed E-state index contributed by atoms with van der Waals surface area (Å²) < 4.78 is 19.3. The molecule has 1 aromatic heterocycles. The van der Waals surface area contributed by atoms with Crippen LogP contribution in [0.3, 0.4) is 0 Å². The molecule has 122 valence electrons. The molecule has 0 aliphatic carbocycles. The summed E-state index contributed by atoms with van der Waals surface area (Å²) in [5.41, 5.74) is 0.247. The van der Waals surface area contributed by atoms with Crippen molar-refractivity contribution in [3.63, 3.8) is 0 Å². The Labute approximate surface area is 136 Å². The zero-order valence-electron chi connectivity index (χ0n) is 12.6. The number of hydrogen-bond acceptors (Lipinski definition) is 4. The summed E-state index contributed by atoms with van der Waals surface area (Å²) in [7, 11) is 0. The zero-order valence-corrected chi connectivity index (χ0v) is 13.4. The third-order valence-corrected chi connectivity index (χ3v) is 3.78. The van der Waals surface area contributed by atoms with Crippen LogP contribution in [0.2, 0.25) is 0 Å². The standard InChI is InChI=1S/C16H16FNO4S/c1-9(2)7-22-14-11(17)4-3-5-12(14)18-15(19)13-6-10(8-23-13)16(20)21/h3-6,8-9H,7H2,1-2H3,(H,18,19)(H,20,21). The Morgan fingerprint density at radius 3 is 2.74 bits per heavy atom. The molecule has 0 bridgehead atoms. The number of benzene rings is 1. The van der Waals surface area contributed by atoms with Crippen molar-refractivity contribution in [3.05, 3.63) is 45.9 Å². The van der Waals surface area contributed by atoms with Gasteiger partial charge in [-0.1, -0.05) is 19.9 Å². The number of aromatic carboxylic acids is 1. The predicted molar refractivity (Wildman–Crippen MR) is 86.0 cm³/mol. The molecule has 0 atom stereocenters. The highest BCUT2D eigenvalue weighted by atomic mass is 32.1. The lowest BCUT2D eigenvalue weighted by Crippen LogP contribution is -2.13. The highest BCUT2D eigenvalue weighted by Crippen LogP contribution is 2.29. The van der Waals surface area contributed by atoms with E-state index in [1.54, 1.807) is 0 Å². The van der Waals surface area contributed by atoms with Crippen LogP contribution in [0.4, 0.5) is 10.1 Å². The van der Waals surface area contributed by atoms with Gasteiger partial charge in [0.05, 0.1) is 22.7 Å². The summed E-state index contributed by atoms with van der Waals surface area (Å²) in [5, 5.41) is 12.8. The number of halogens is 1. The van der Waals surface area contributed by atoms with Crippen molar-refractivity contribution < 1.29 is 23.8 Å². The highest BCUT2D eigenvalue weighted by Gasteiger charge is 2.17. The van der Waals surface area contributed by atoms with E-state index >= 15 is 0 Å². The molecule has 7 heteroatoms. The third kappa shape index (κ3) is 4.29. The van der Waals surface area contributed by atoms with E-state index in [2.05, 4.69) is 5.32 Å². The van der Waals surface area contributed by atoms with Crippen LogP contribution >= 0.6 is 11.3 Å². The SMILES string of the molecule is CC(C)COc1c(F)cccc1NC(=O)c1cc(C(=O)O)cs1. The minimum atomic E-state index is -1.10. The average Bonchev–Trinajstić information content (AvgIpc) is 2.96. The number of nitrogens with one attached hydrogen (secondary N) is 1. The van der Waals surface area contributed by atoms with Crippen LogP contribution in [0.1, 0.15) is 33.9 Å². The van der Waals surface area contributed by atoms with Crippen LogP contribution in [0.15, 0.2) is 29.6 Å². The van der Waals surface area contributed by atoms with Gasteiger partial charge in [0, 0.05) is 5.38 Å². The van der Waals surface area contributed by atoms with Crippen molar-refractivity contribution in [3.8, 4) is 5.75 Å². The van der Waals surface area contributed by atoms with E-state index in [1.165, 1.54) is 29.6 Å². The molecule has 2 N–H and O–H groups in total. The summed E-state index contributed by atoms with van der Waals surface area (Å²) >= 11 is 1.01. The van der Waals surface area contributed by atoms with Gasteiger partial charge in [-0.15, -0.1) is 11.3 Å². The van der Waals surface area contributed by atoms with Gasteiger partial charge in [0.15, 0.2) is 11.6 Å². The minimum Gasteiger partial charge on any atom is -0.488 e. The fourth-order valence-corrected chi connectivity index (χ4v) is 2.53. The molecule has 23 heavy (non-hydrogen) atoms. The number of rotatable bonds is 6. The number of carbonyl (C=O) groups is 2. The molecular formula is C16H16FNO4S. The van der Waals surface area contributed by atoms with Crippen LogP contribution in [0, 0.1) is 11.7 Å². The molecule has 2 aromatic rings. The maximum absolute atomic E-state index is 13.9. The minimum absolute atomic E-state index is 0.0236. The Morgan fingerprint density at radius 1 is 1.39 bits per heavy atom. The second-order valence-corrected chi connectivity index (χ2v) is 6.19. The Hall–Kier alpha value is -2.41.